The van der Waals surface area contributed by atoms with Gasteiger partial charge in [-0.05, 0) is 42.9 Å². The maximum atomic E-state index is 10.3. The maximum absolute atomic E-state index is 10.3. The molecule has 0 radical (unpaired) electrons. The zero-order valence-electron chi connectivity index (χ0n) is 15.6. The van der Waals surface area contributed by atoms with Crippen LogP contribution in [0.1, 0.15) is 18.4 Å². The highest BCUT2D eigenvalue weighted by molar-refractivity contribution is 5.32. The second kappa shape index (κ2) is 9.60. The molecule has 1 aliphatic heterocycles. The average Bonchev–Trinajstić information content (AvgIpc) is 2.69. The molecule has 1 aliphatic rings. The van der Waals surface area contributed by atoms with Crippen LogP contribution in [-0.2, 0) is 6.42 Å². The zero-order chi connectivity index (χ0) is 18.2. The van der Waals surface area contributed by atoms with Crippen molar-refractivity contribution in [3.05, 3.63) is 60.2 Å². The number of nitrogens with one attached hydrogen (secondary N) is 1. The molecule has 1 fully saturated rings. The van der Waals surface area contributed by atoms with Gasteiger partial charge in [0.1, 0.15) is 30.8 Å². The van der Waals surface area contributed by atoms with E-state index in [1.807, 2.05) is 24.3 Å². The number of hydrogen-bond donors (Lipinski definition) is 2. The van der Waals surface area contributed by atoms with Gasteiger partial charge in [0.05, 0.1) is 20.2 Å². The van der Waals surface area contributed by atoms with Crippen molar-refractivity contribution in [2.24, 2.45) is 5.92 Å². The molecule has 1 saturated heterocycles. The van der Waals surface area contributed by atoms with Gasteiger partial charge in [-0.1, -0.05) is 36.4 Å². The molecule has 0 saturated carbocycles. The van der Waals surface area contributed by atoms with E-state index in [4.69, 9.17) is 9.47 Å². The lowest BCUT2D eigenvalue weighted by atomic mass is 9.90. The summed E-state index contributed by atoms with van der Waals surface area (Å²) in [5, 5.41) is 10.3. The third kappa shape index (κ3) is 5.75. The van der Waals surface area contributed by atoms with Crippen LogP contribution in [0.15, 0.2) is 54.6 Å². The molecule has 26 heavy (non-hydrogen) atoms. The van der Waals surface area contributed by atoms with E-state index >= 15 is 0 Å². The Kier molecular flexibility index (Phi) is 6.92. The van der Waals surface area contributed by atoms with Gasteiger partial charge in [-0.25, -0.2) is 0 Å². The van der Waals surface area contributed by atoms with E-state index in [0.717, 1.165) is 37.1 Å². The maximum Gasteiger partial charge on any atom is 0.137 e. The molecule has 140 valence electrons. The average molecular weight is 356 g/mol. The Bertz CT molecular complexity index is 653. The number of likely N-dealkylation sites (tertiary alicyclic amines) is 1. The van der Waals surface area contributed by atoms with Crippen molar-refractivity contribution < 1.29 is 19.5 Å². The minimum atomic E-state index is -0.443. The van der Waals surface area contributed by atoms with Crippen molar-refractivity contribution in [1.29, 1.82) is 0 Å². The molecule has 2 aromatic carbocycles. The van der Waals surface area contributed by atoms with Crippen molar-refractivity contribution in [2.45, 2.75) is 25.4 Å². The van der Waals surface area contributed by atoms with Crippen LogP contribution in [0.25, 0.3) is 0 Å². The molecule has 0 unspecified atom stereocenters. The summed E-state index contributed by atoms with van der Waals surface area (Å²) in [5.74, 6) is 2.27. The third-order valence-corrected chi connectivity index (χ3v) is 5.19. The van der Waals surface area contributed by atoms with Gasteiger partial charge in [0.15, 0.2) is 0 Å². The predicted octanol–water partition coefficient (Wildman–Crippen LogP) is 1.97. The van der Waals surface area contributed by atoms with E-state index < -0.39 is 6.10 Å². The summed E-state index contributed by atoms with van der Waals surface area (Å²) in [4.78, 5) is 1.48. The van der Waals surface area contributed by atoms with Crippen molar-refractivity contribution in [1.82, 2.24) is 0 Å². The summed E-state index contributed by atoms with van der Waals surface area (Å²) in [5.41, 5.74) is 1.44. The van der Waals surface area contributed by atoms with Crippen LogP contribution in [0, 0.1) is 5.92 Å². The van der Waals surface area contributed by atoms with E-state index in [1.165, 1.54) is 29.7 Å². The van der Waals surface area contributed by atoms with Crippen molar-refractivity contribution in [3.8, 4) is 11.5 Å². The molecule has 1 atom stereocenters. The number of hydrogen-bond acceptors (Lipinski definition) is 3. The largest absolute Gasteiger partial charge is 0.497 e. The third-order valence-electron chi connectivity index (χ3n) is 5.19. The molecular formula is C22H30NO3+. The van der Waals surface area contributed by atoms with E-state index in [2.05, 4.69) is 30.3 Å². The summed E-state index contributed by atoms with van der Waals surface area (Å²) >= 11 is 0. The van der Waals surface area contributed by atoms with Gasteiger partial charge in [-0.3, -0.25) is 0 Å². The number of methoxy groups -OCH3 is 1. The number of ether oxygens (including phenoxy) is 2. The van der Waals surface area contributed by atoms with Gasteiger partial charge in [0.25, 0.3) is 0 Å². The van der Waals surface area contributed by atoms with Gasteiger partial charge < -0.3 is 19.5 Å². The molecule has 0 amide bonds. The van der Waals surface area contributed by atoms with E-state index in [-0.39, 0.29) is 0 Å². The SMILES string of the molecule is COc1cccc(OC[C@@H](O)C[NH+]2CCC(Cc3ccccc3)CC2)c1. The lowest BCUT2D eigenvalue weighted by Crippen LogP contribution is -3.14. The molecular weight excluding hydrogens is 326 g/mol. The number of piperidine rings is 1. The Morgan fingerprint density at radius 1 is 1.04 bits per heavy atom. The minimum absolute atomic E-state index is 0.324. The smallest absolute Gasteiger partial charge is 0.137 e. The lowest BCUT2D eigenvalue weighted by molar-refractivity contribution is -0.909. The van der Waals surface area contributed by atoms with E-state index in [0.29, 0.717) is 6.61 Å². The summed E-state index contributed by atoms with van der Waals surface area (Å²) in [6, 6.07) is 18.3. The van der Waals surface area contributed by atoms with Crippen molar-refractivity contribution in [3.63, 3.8) is 0 Å². The number of aliphatic hydroxyl groups is 1. The number of rotatable bonds is 8. The molecule has 0 aromatic heterocycles. The minimum Gasteiger partial charge on any atom is -0.497 e. The fourth-order valence-corrected chi connectivity index (χ4v) is 3.72. The monoisotopic (exact) mass is 356 g/mol. The molecule has 2 N–H and O–H groups in total. The predicted molar refractivity (Wildman–Crippen MR) is 103 cm³/mol. The molecule has 0 bridgehead atoms. The second-order valence-corrected chi connectivity index (χ2v) is 7.23. The van der Waals surface area contributed by atoms with Gasteiger partial charge in [-0.15, -0.1) is 0 Å². The Morgan fingerprint density at radius 2 is 1.77 bits per heavy atom. The topological polar surface area (TPSA) is 43.1 Å². The number of benzene rings is 2. The molecule has 0 spiro atoms. The van der Waals surface area contributed by atoms with Crippen LogP contribution in [0.2, 0.25) is 0 Å². The normalized spacial score (nSPS) is 21.2. The van der Waals surface area contributed by atoms with Crippen LogP contribution in [0.3, 0.4) is 0 Å². The molecule has 0 aliphatic carbocycles. The quantitative estimate of drug-likeness (QED) is 0.760. The van der Waals surface area contributed by atoms with E-state index in [1.54, 1.807) is 7.11 Å². The fraction of sp³-hybridized carbons (Fsp3) is 0.455. The van der Waals surface area contributed by atoms with Gasteiger partial charge in [-0.2, -0.15) is 0 Å². The highest BCUT2D eigenvalue weighted by Crippen LogP contribution is 2.19. The molecule has 4 nitrogen and oxygen atoms in total. The highest BCUT2D eigenvalue weighted by Gasteiger charge is 2.24. The number of aliphatic hydroxyl groups excluding tert-OH is 1. The summed E-state index contributed by atoms with van der Waals surface area (Å²) < 4.78 is 10.9. The Hall–Kier alpha value is -2.04. The molecule has 2 aromatic rings. The molecule has 3 rings (SSSR count). The van der Waals surface area contributed by atoms with Crippen molar-refractivity contribution >= 4 is 0 Å². The summed E-state index contributed by atoms with van der Waals surface area (Å²) in [6.07, 6.45) is 3.19. The lowest BCUT2D eigenvalue weighted by Gasteiger charge is -2.30. The first kappa shape index (κ1) is 18.7. The van der Waals surface area contributed by atoms with Crippen LogP contribution < -0.4 is 14.4 Å². The Labute approximate surface area is 156 Å². The van der Waals surface area contributed by atoms with E-state index in [9.17, 15) is 5.11 Å². The van der Waals surface area contributed by atoms with Gasteiger partial charge in [0, 0.05) is 6.07 Å². The highest BCUT2D eigenvalue weighted by atomic mass is 16.5. The first-order chi connectivity index (χ1) is 12.7. The Balaban J connectivity index is 1.37. The van der Waals surface area contributed by atoms with Crippen LogP contribution >= 0.6 is 0 Å². The molecule has 4 heteroatoms. The van der Waals surface area contributed by atoms with Gasteiger partial charge >= 0.3 is 0 Å². The standard InChI is InChI=1S/C22H29NO3/c1-25-21-8-5-9-22(15-21)26-17-20(24)16-23-12-10-19(11-13-23)14-18-6-3-2-4-7-18/h2-9,15,19-20,24H,10-14,16-17H2,1H3/p+1/t20-/m0/s1. The second-order valence-electron chi connectivity index (χ2n) is 7.23. The van der Waals surface area contributed by atoms with Crippen LogP contribution in [-0.4, -0.2) is 44.6 Å². The van der Waals surface area contributed by atoms with Crippen LogP contribution in [0.4, 0.5) is 0 Å². The number of quaternary nitrogens is 1. The molecule has 1 heterocycles. The van der Waals surface area contributed by atoms with Crippen molar-refractivity contribution in [2.75, 3.05) is 33.4 Å². The Morgan fingerprint density at radius 3 is 2.50 bits per heavy atom. The zero-order valence-corrected chi connectivity index (χ0v) is 15.6. The first-order valence-electron chi connectivity index (χ1n) is 9.55. The van der Waals surface area contributed by atoms with Crippen LogP contribution in [0.5, 0.6) is 11.5 Å². The first-order valence-corrected chi connectivity index (χ1v) is 9.55. The summed E-state index contributed by atoms with van der Waals surface area (Å²) in [7, 11) is 1.64. The fourth-order valence-electron chi connectivity index (χ4n) is 3.72. The summed E-state index contributed by atoms with van der Waals surface area (Å²) in [6.45, 7) is 3.34. The van der Waals surface area contributed by atoms with Gasteiger partial charge in [0.2, 0.25) is 0 Å².